The van der Waals surface area contributed by atoms with Crippen molar-refractivity contribution in [2.75, 3.05) is 32.6 Å². The zero-order valence-corrected chi connectivity index (χ0v) is 33.1. The molecule has 0 saturated carbocycles. The molecule has 4 atom stereocenters. The van der Waals surface area contributed by atoms with Gasteiger partial charge in [0, 0.05) is 18.7 Å². The predicted molar refractivity (Wildman–Crippen MR) is 207 cm³/mol. The van der Waals surface area contributed by atoms with Crippen LogP contribution in [-0.4, -0.2) is 104 Å². The Morgan fingerprint density at radius 2 is 1.30 bits per heavy atom. The van der Waals surface area contributed by atoms with E-state index in [2.05, 4.69) is 40.9 Å². The maximum atomic E-state index is 13.7. The number of alkyl carbamates (subject to hydrolysis) is 2. The fraction of sp³-hybridized carbons (Fsp3) is 0.474. The molecular formula is C38H48N10O7S. The minimum Gasteiger partial charge on any atom is -0.453 e. The van der Waals surface area contributed by atoms with Crippen molar-refractivity contribution in [2.24, 2.45) is 11.8 Å². The van der Waals surface area contributed by atoms with Gasteiger partial charge in [-0.05, 0) is 43.1 Å². The van der Waals surface area contributed by atoms with E-state index < -0.39 is 24.3 Å². The lowest BCUT2D eigenvalue weighted by Gasteiger charge is -2.30. The molecule has 0 spiro atoms. The number of imidazole rings is 2. The molecule has 0 aliphatic carbocycles. The van der Waals surface area contributed by atoms with E-state index >= 15 is 0 Å². The number of likely N-dealkylation sites (tertiary alicyclic amines) is 2. The van der Waals surface area contributed by atoms with Gasteiger partial charge in [0.05, 0.1) is 49.9 Å². The second-order valence-electron chi connectivity index (χ2n) is 14.5. The number of hydrogen-bond acceptors (Lipinski definition) is 12. The minimum atomic E-state index is -0.741. The molecule has 0 radical (unpaired) electrons. The fourth-order valence-electron chi connectivity index (χ4n) is 7.16. The number of benzene rings is 1. The SMILES string of the molecule is COC(=O)NC(C(=O)N1CCCC1c1ncc(Nc2scnc2C(=O)c2ccc(-c3cnc(C4CCCN4C(=O)C(NC(=O)OC)C(C)C)[nH]3)cc2)[nH]1)C(C)C. The first kappa shape index (κ1) is 39.9. The molecule has 17 nitrogen and oxygen atoms in total. The number of H-pyrrole nitrogens is 2. The molecule has 56 heavy (non-hydrogen) atoms. The minimum absolute atomic E-state index is 0.139. The number of ether oxygens (including phenoxy) is 2. The summed E-state index contributed by atoms with van der Waals surface area (Å²) >= 11 is 1.28. The lowest BCUT2D eigenvalue weighted by molar-refractivity contribution is -0.136. The number of nitrogens with zero attached hydrogens (tertiary/aromatic N) is 5. The van der Waals surface area contributed by atoms with Crippen LogP contribution in [0.25, 0.3) is 11.3 Å². The van der Waals surface area contributed by atoms with Gasteiger partial charge in [0.2, 0.25) is 17.6 Å². The number of carbonyl (C=O) groups is 5. The van der Waals surface area contributed by atoms with Crippen LogP contribution in [0.1, 0.15) is 93.2 Å². The van der Waals surface area contributed by atoms with Gasteiger partial charge in [-0.3, -0.25) is 14.4 Å². The Kier molecular flexibility index (Phi) is 12.4. The molecule has 0 bridgehead atoms. The van der Waals surface area contributed by atoms with Crippen molar-refractivity contribution >= 4 is 51.9 Å². The fourth-order valence-corrected chi connectivity index (χ4v) is 7.85. The molecule has 4 unspecified atom stereocenters. The monoisotopic (exact) mass is 788 g/mol. The van der Waals surface area contributed by atoms with Gasteiger partial charge < -0.3 is 45.2 Å². The van der Waals surface area contributed by atoms with Crippen molar-refractivity contribution < 1.29 is 33.4 Å². The van der Waals surface area contributed by atoms with Crippen LogP contribution in [0.15, 0.2) is 42.2 Å². The van der Waals surface area contributed by atoms with Gasteiger partial charge in [-0.2, -0.15) is 0 Å². The third kappa shape index (κ3) is 8.54. The number of aromatic nitrogens is 5. The van der Waals surface area contributed by atoms with E-state index in [-0.39, 0.29) is 47.2 Å². The first-order valence-electron chi connectivity index (χ1n) is 18.7. The summed E-state index contributed by atoms with van der Waals surface area (Å²) in [6, 6.07) is 5.08. The number of aromatic amines is 2. The average molecular weight is 789 g/mol. The Morgan fingerprint density at radius 1 is 0.768 bits per heavy atom. The molecule has 18 heteroatoms. The molecule has 4 aromatic rings. The second-order valence-corrected chi connectivity index (χ2v) is 15.4. The lowest BCUT2D eigenvalue weighted by atomic mass is 10.0. The van der Waals surface area contributed by atoms with Gasteiger partial charge in [0.25, 0.3) is 0 Å². The third-order valence-corrected chi connectivity index (χ3v) is 10.9. The first-order valence-corrected chi connectivity index (χ1v) is 19.5. The standard InChI is InChI=1S/C38H48N10O7S/c1-20(2)28(45-37(52)54-5)35(50)47-15-7-9-25(47)32-39-17-24(42-32)22-11-13-23(14-12-22)31(49)30-34(56-19-41-30)44-27-18-40-33(43-27)26-10-8-16-48(26)36(51)29(21(3)4)46-38(53)55-6/h11-14,17-21,25-26,28-29,44H,7-10,15-16H2,1-6H3,(H,39,42)(H,40,43)(H,45,52)(H,46,53). The largest absolute Gasteiger partial charge is 0.453 e. The molecule has 5 N–H and O–H groups in total. The number of rotatable bonds is 13. The number of nitrogens with one attached hydrogen (secondary N) is 5. The highest BCUT2D eigenvalue weighted by molar-refractivity contribution is 7.14. The van der Waals surface area contributed by atoms with Crippen LogP contribution < -0.4 is 16.0 Å². The number of thiazole rings is 1. The van der Waals surface area contributed by atoms with Gasteiger partial charge in [-0.1, -0.05) is 52.0 Å². The Balaban J connectivity index is 1.11. The van der Waals surface area contributed by atoms with Crippen LogP contribution in [0.3, 0.4) is 0 Å². The first-order chi connectivity index (χ1) is 26.9. The van der Waals surface area contributed by atoms with E-state index in [4.69, 9.17) is 9.47 Å². The number of carbonyl (C=O) groups excluding carboxylic acids is 5. The van der Waals surface area contributed by atoms with Gasteiger partial charge in [-0.15, -0.1) is 11.3 Å². The van der Waals surface area contributed by atoms with E-state index in [0.717, 1.165) is 30.5 Å². The Morgan fingerprint density at radius 3 is 1.84 bits per heavy atom. The van der Waals surface area contributed by atoms with Gasteiger partial charge in [0.1, 0.15) is 40.2 Å². The van der Waals surface area contributed by atoms with Crippen molar-refractivity contribution in [2.45, 2.75) is 77.5 Å². The van der Waals surface area contributed by atoms with Crippen LogP contribution in [0.5, 0.6) is 0 Å². The zero-order chi connectivity index (χ0) is 40.1. The number of ketones is 1. The maximum absolute atomic E-state index is 13.7. The topological polar surface area (TPSA) is 217 Å². The second kappa shape index (κ2) is 17.3. The van der Waals surface area contributed by atoms with Crippen LogP contribution in [0.2, 0.25) is 0 Å². The van der Waals surface area contributed by atoms with Crippen molar-refractivity contribution in [3.05, 3.63) is 65.1 Å². The number of anilines is 2. The number of methoxy groups -OCH3 is 2. The smallest absolute Gasteiger partial charge is 0.407 e. The normalized spacial score (nSPS) is 17.9. The van der Waals surface area contributed by atoms with Crippen LogP contribution in [-0.2, 0) is 19.1 Å². The van der Waals surface area contributed by atoms with E-state index in [1.807, 2.05) is 39.8 Å². The highest BCUT2D eigenvalue weighted by Gasteiger charge is 2.39. The summed E-state index contributed by atoms with van der Waals surface area (Å²) in [5, 5.41) is 9.10. The summed E-state index contributed by atoms with van der Waals surface area (Å²) in [6.07, 6.45) is 5.04. The number of amides is 4. The molecule has 298 valence electrons. The predicted octanol–water partition coefficient (Wildman–Crippen LogP) is 5.32. The molecule has 3 aromatic heterocycles. The molecule has 2 aliphatic rings. The Hall–Kier alpha value is -5.78. The zero-order valence-electron chi connectivity index (χ0n) is 32.3. The quantitative estimate of drug-likeness (QED) is 0.109. The highest BCUT2D eigenvalue weighted by atomic mass is 32.1. The van der Waals surface area contributed by atoms with E-state index in [9.17, 15) is 24.0 Å². The highest BCUT2D eigenvalue weighted by Crippen LogP contribution is 2.35. The Bertz CT molecular complexity index is 2040. The van der Waals surface area contributed by atoms with Crippen LogP contribution in [0, 0.1) is 11.8 Å². The van der Waals surface area contributed by atoms with Crippen molar-refractivity contribution in [1.29, 1.82) is 0 Å². The molecular weight excluding hydrogens is 741 g/mol. The van der Waals surface area contributed by atoms with Crippen molar-refractivity contribution in [3.63, 3.8) is 0 Å². The summed E-state index contributed by atoms with van der Waals surface area (Å²) in [7, 11) is 2.53. The number of hydrogen-bond donors (Lipinski definition) is 5. The lowest BCUT2D eigenvalue weighted by Crippen LogP contribution is -2.51. The van der Waals surface area contributed by atoms with E-state index in [1.165, 1.54) is 25.6 Å². The molecule has 5 heterocycles. The molecule has 4 amide bonds. The van der Waals surface area contributed by atoms with Crippen LogP contribution >= 0.6 is 11.3 Å². The van der Waals surface area contributed by atoms with Gasteiger partial charge in [0.15, 0.2) is 0 Å². The summed E-state index contributed by atoms with van der Waals surface area (Å²) in [6.45, 7) is 8.56. The van der Waals surface area contributed by atoms with Gasteiger partial charge in [-0.25, -0.2) is 24.5 Å². The van der Waals surface area contributed by atoms with E-state index in [1.54, 1.807) is 39.8 Å². The summed E-state index contributed by atoms with van der Waals surface area (Å²) in [4.78, 5) is 88.3. The van der Waals surface area contributed by atoms with Crippen molar-refractivity contribution in [3.8, 4) is 11.3 Å². The molecule has 2 fully saturated rings. The third-order valence-electron chi connectivity index (χ3n) is 10.2. The molecule has 2 aliphatic heterocycles. The van der Waals surface area contributed by atoms with E-state index in [0.29, 0.717) is 47.5 Å². The summed E-state index contributed by atoms with van der Waals surface area (Å²) in [5.74, 6) is 0.839. The van der Waals surface area contributed by atoms with Crippen LogP contribution in [0.4, 0.5) is 20.4 Å². The van der Waals surface area contributed by atoms with Crippen molar-refractivity contribution in [1.82, 2.24) is 45.4 Å². The van der Waals surface area contributed by atoms with Gasteiger partial charge >= 0.3 is 12.2 Å². The summed E-state index contributed by atoms with van der Waals surface area (Å²) < 4.78 is 9.47. The molecule has 2 saturated heterocycles. The molecule has 6 rings (SSSR count). The summed E-state index contributed by atoms with van der Waals surface area (Å²) in [5.41, 5.74) is 3.83. The maximum Gasteiger partial charge on any atom is 0.407 e. The average Bonchev–Trinajstić information content (AvgIpc) is 4.04. The Labute approximate surface area is 328 Å². The molecule has 1 aromatic carbocycles.